The minimum atomic E-state index is -0.471. The lowest BCUT2D eigenvalue weighted by Crippen LogP contribution is -2.41. The van der Waals surface area contributed by atoms with Gasteiger partial charge in [-0.2, -0.15) is 0 Å². The summed E-state index contributed by atoms with van der Waals surface area (Å²) in [7, 11) is 1.09. The Morgan fingerprint density at radius 3 is 2.10 bits per heavy atom. The number of hydrogen-bond acceptors (Lipinski definition) is 3. The summed E-state index contributed by atoms with van der Waals surface area (Å²) < 4.78 is 12.0. The van der Waals surface area contributed by atoms with Crippen LogP contribution in [0.15, 0.2) is 36.0 Å². The highest BCUT2D eigenvalue weighted by molar-refractivity contribution is 6.55. The molecule has 0 unspecified atom stereocenters. The smallest absolute Gasteiger partial charge is 0.399 e. The molecule has 1 heterocycles. The first-order valence-corrected chi connectivity index (χ1v) is 7.01. The van der Waals surface area contributed by atoms with Gasteiger partial charge in [0, 0.05) is 12.7 Å². The molecule has 0 radical (unpaired) electrons. The lowest BCUT2D eigenvalue weighted by Gasteiger charge is -2.32. The zero-order valence-electron chi connectivity index (χ0n) is 13.7. The van der Waals surface area contributed by atoms with Crippen LogP contribution in [0, 0.1) is 0 Å². The molecule has 0 spiro atoms. The first-order valence-electron chi connectivity index (χ1n) is 7.01. The van der Waals surface area contributed by atoms with E-state index in [0.29, 0.717) is 5.70 Å². The summed E-state index contributed by atoms with van der Waals surface area (Å²) in [6, 6.07) is -0.300. The van der Waals surface area contributed by atoms with Gasteiger partial charge in [0.15, 0.2) is 0 Å². The van der Waals surface area contributed by atoms with E-state index in [9.17, 15) is 4.79 Å². The van der Waals surface area contributed by atoms with Gasteiger partial charge < -0.3 is 19.9 Å². The van der Waals surface area contributed by atoms with Crippen molar-refractivity contribution in [1.29, 1.82) is 0 Å². The summed E-state index contributed by atoms with van der Waals surface area (Å²) in [5.74, 6) is 0. The Bertz CT molecular complexity index is 465. The monoisotopic (exact) mass is 292 g/mol. The fraction of sp³-hybridized carbons (Fsp3) is 0.533. The molecule has 0 aliphatic carbocycles. The van der Waals surface area contributed by atoms with Gasteiger partial charge >= 0.3 is 13.1 Å². The van der Waals surface area contributed by atoms with Gasteiger partial charge in [-0.05, 0) is 52.2 Å². The van der Waals surface area contributed by atoms with Gasteiger partial charge in [-0.15, -0.1) is 0 Å². The van der Waals surface area contributed by atoms with Crippen molar-refractivity contribution in [3.05, 3.63) is 36.0 Å². The zero-order chi connectivity index (χ0) is 16.3. The van der Waals surface area contributed by atoms with Crippen LogP contribution in [0.1, 0.15) is 34.6 Å². The Labute approximate surface area is 127 Å². The largest absolute Gasteiger partial charge is 0.494 e. The average molecular weight is 292 g/mol. The Hall–Kier alpha value is -1.53. The van der Waals surface area contributed by atoms with Crippen molar-refractivity contribution in [3.63, 3.8) is 0 Å². The second-order valence-corrected chi connectivity index (χ2v) is 5.88. The first kappa shape index (κ1) is 17.5. The van der Waals surface area contributed by atoms with Crippen LogP contribution in [-0.4, -0.2) is 31.4 Å². The molecule has 1 aliphatic rings. The van der Waals surface area contributed by atoms with Crippen molar-refractivity contribution in [1.82, 2.24) is 10.6 Å². The van der Waals surface area contributed by atoms with Crippen LogP contribution in [0.3, 0.4) is 0 Å². The van der Waals surface area contributed by atoms with Gasteiger partial charge in [0.1, 0.15) is 0 Å². The maximum atomic E-state index is 11.4. The van der Waals surface area contributed by atoms with Crippen molar-refractivity contribution in [3.8, 4) is 0 Å². The molecule has 2 N–H and O–H groups in total. The maximum Gasteiger partial charge on any atom is 0.494 e. The molecule has 0 aromatic rings. The van der Waals surface area contributed by atoms with E-state index in [1.165, 1.54) is 0 Å². The van der Waals surface area contributed by atoms with Crippen LogP contribution in [0.5, 0.6) is 0 Å². The summed E-state index contributed by atoms with van der Waals surface area (Å²) in [4.78, 5) is 11.4. The number of carbonyl (C=O) groups is 1. The van der Waals surface area contributed by atoms with Gasteiger partial charge in [-0.25, -0.2) is 4.79 Å². The average Bonchev–Trinajstić information content (AvgIpc) is 2.62. The lowest BCUT2D eigenvalue weighted by molar-refractivity contribution is 0.00578. The fourth-order valence-electron chi connectivity index (χ4n) is 1.79. The van der Waals surface area contributed by atoms with Crippen LogP contribution in [0.25, 0.3) is 0 Å². The fourth-order valence-corrected chi connectivity index (χ4v) is 1.79. The van der Waals surface area contributed by atoms with Crippen LogP contribution in [-0.2, 0) is 9.31 Å². The van der Waals surface area contributed by atoms with E-state index in [-0.39, 0.29) is 6.03 Å². The molecule has 0 bridgehead atoms. The SMILES string of the molecule is C=C/C(=C\C(=C/C)B1OC(C)(C)C(C)(C)O1)NC(=O)NC. The highest BCUT2D eigenvalue weighted by Gasteiger charge is 2.51. The third kappa shape index (κ3) is 3.98. The molecular weight excluding hydrogens is 267 g/mol. The number of allylic oxidation sites excluding steroid dienone is 4. The van der Waals surface area contributed by atoms with Gasteiger partial charge in [-0.1, -0.05) is 12.7 Å². The molecule has 1 saturated heterocycles. The van der Waals surface area contributed by atoms with Gasteiger partial charge in [0.2, 0.25) is 0 Å². The van der Waals surface area contributed by atoms with Crippen molar-refractivity contribution in [2.24, 2.45) is 0 Å². The predicted octanol–water partition coefficient (Wildman–Crippen LogP) is 2.56. The molecule has 0 saturated carbocycles. The molecule has 116 valence electrons. The van der Waals surface area contributed by atoms with Crippen LogP contribution in [0.4, 0.5) is 4.79 Å². The van der Waals surface area contributed by atoms with E-state index in [1.807, 2.05) is 40.7 Å². The van der Waals surface area contributed by atoms with E-state index in [4.69, 9.17) is 9.31 Å². The van der Waals surface area contributed by atoms with E-state index < -0.39 is 18.3 Å². The van der Waals surface area contributed by atoms with Crippen molar-refractivity contribution in [2.75, 3.05) is 7.05 Å². The number of rotatable bonds is 4. The Morgan fingerprint density at radius 2 is 1.71 bits per heavy atom. The zero-order valence-corrected chi connectivity index (χ0v) is 13.7. The van der Waals surface area contributed by atoms with Crippen molar-refractivity contribution < 1.29 is 14.1 Å². The number of nitrogens with one attached hydrogen (secondary N) is 2. The molecule has 0 atom stereocenters. The molecule has 21 heavy (non-hydrogen) atoms. The third-order valence-corrected chi connectivity index (χ3v) is 3.89. The second kappa shape index (κ2) is 6.49. The normalized spacial score (nSPS) is 21.1. The highest BCUT2D eigenvalue weighted by atomic mass is 16.7. The summed E-state index contributed by atoms with van der Waals surface area (Å²) in [5.41, 5.74) is 0.613. The van der Waals surface area contributed by atoms with Crippen LogP contribution in [0.2, 0.25) is 0 Å². The van der Waals surface area contributed by atoms with Crippen molar-refractivity contribution in [2.45, 2.75) is 45.8 Å². The summed E-state index contributed by atoms with van der Waals surface area (Å²) in [5, 5.41) is 5.18. The van der Waals surface area contributed by atoms with Gasteiger partial charge in [0.05, 0.1) is 11.2 Å². The molecule has 1 rings (SSSR count). The maximum absolute atomic E-state index is 11.4. The van der Waals surface area contributed by atoms with E-state index in [0.717, 1.165) is 5.47 Å². The van der Waals surface area contributed by atoms with Gasteiger partial charge in [0.25, 0.3) is 0 Å². The predicted molar refractivity (Wildman–Crippen MR) is 85.7 cm³/mol. The number of hydrogen-bond donors (Lipinski definition) is 2. The Balaban J connectivity index is 2.95. The standard InChI is InChI=1S/C15H25BN2O3/c1-8-11(10-12(9-2)18-13(19)17-7)16-20-14(3,4)15(5,6)21-16/h8-10H,2H2,1,3-7H3,(H2,17,18,19)/b11-8+,12-10+. The molecule has 0 aromatic heterocycles. The van der Waals surface area contributed by atoms with E-state index in [1.54, 1.807) is 19.2 Å². The summed E-state index contributed by atoms with van der Waals surface area (Å²) >= 11 is 0. The number of amides is 2. The lowest BCUT2D eigenvalue weighted by atomic mass is 9.77. The molecule has 5 nitrogen and oxygen atoms in total. The topological polar surface area (TPSA) is 59.6 Å². The Kier molecular flexibility index (Phi) is 5.42. The van der Waals surface area contributed by atoms with E-state index in [2.05, 4.69) is 17.2 Å². The second-order valence-electron chi connectivity index (χ2n) is 5.88. The Morgan fingerprint density at radius 1 is 1.19 bits per heavy atom. The molecule has 1 aliphatic heterocycles. The number of carbonyl (C=O) groups excluding carboxylic acids is 1. The summed E-state index contributed by atoms with van der Waals surface area (Å²) in [6.07, 6.45) is 5.27. The molecular formula is C15H25BN2O3. The molecule has 0 aromatic carbocycles. The van der Waals surface area contributed by atoms with Crippen LogP contribution >= 0.6 is 0 Å². The molecule has 2 amide bonds. The van der Waals surface area contributed by atoms with E-state index >= 15 is 0 Å². The summed E-state index contributed by atoms with van der Waals surface area (Å²) in [6.45, 7) is 13.6. The molecule has 1 fully saturated rings. The quantitative estimate of drug-likeness (QED) is 0.618. The number of urea groups is 1. The minimum Gasteiger partial charge on any atom is -0.399 e. The highest BCUT2D eigenvalue weighted by Crippen LogP contribution is 2.38. The van der Waals surface area contributed by atoms with Gasteiger partial charge in [-0.3, -0.25) is 0 Å². The van der Waals surface area contributed by atoms with Crippen LogP contribution < -0.4 is 10.6 Å². The minimum absolute atomic E-state index is 0.300. The third-order valence-electron chi connectivity index (χ3n) is 3.89. The van der Waals surface area contributed by atoms with Crippen molar-refractivity contribution >= 4 is 13.1 Å². The first-order chi connectivity index (χ1) is 9.66. The molecule has 6 heteroatoms.